The van der Waals surface area contributed by atoms with E-state index in [2.05, 4.69) is 14.8 Å². The van der Waals surface area contributed by atoms with Crippen LogP contribution in [0.3, 0.4) is 0 Å². The Morgan fingerprint density at radius 2 is 2.00 bits per heavy atom. The van der Waals surface area contributed by atoms with Gasteiger partial charge in [0.15, 0.2) is 0 Å². The van der Waals surface area contributed by atoms with Crippen LogP contribution >= 0.6 is 12.2 Å². The van der Waals surface area contributed by atoms with E-state index in [0.717, 1.165) is 26.4 Å². The van der Waals surface area contributed by atoms with Gasteiger partial charge in [-0.2, -0.15) is 0 Å². The van der Waals surface area contributed by atoms with Crippen molar-refractivity contribution < 1.29 is 24.0 Å². The maximum atomic E-state index is 11.7. The van der Waals surface area contributed by atoms with E-state index in [9.17, 15) is 19.7 Å². The average molecular weight is 339 g/mol. The molecule has 0 saturated heterocycles. The highest BCUT2D eigenvalue weighted by molar-refractivity contribution is 7.80. The lowest BCUT2D eigenvalue weighted by atomic mass is 10.1. The number of nitrogens with two attached hydrogens (primary N) is 1. The van der Waals surface area contributed by atoms with E-state index in [0.29, 0.717) is 0 Å². The van der Waals surface area contributed by atoms with E-state index < -0.39 is 16.9 Å². The van der Waals surface area contributed by atoms with Crippen molar-refractivity contribution >= 4 is 40.5 Å². The van der Waals surface area contributed by atoms with E-state index >= 15 is 0 Å². The standard InChI is InChI=1S/C13H13N3O6S/c1-21-11(17)6-10(13(18)22-2)15-9-4-3-7(16(19)20)5-8(9)12(14)23/h3-6,15H,1-2H3,(H2,14,23)/b10-6+. The third kappa shape index (κ3) is 4.74. The number of carbonyl (C=O) groups excluding carboxylic acids is 2. The summed E-state index contributed by atoms with van der Waals surface area (Å²) in [6, 6.07) is 3.65. The normalized spacial score (nSPS) is 10.6. The largest absolute Gasteiger partial charge is 0.466 e. The Kier molecular flexibility index (Phi) is 6.15. The Bertz CT molecular complexity index is 701. The number of thiocarbonyl (C=S) groups is 1. The molecule has 10 heteroatoms. The maximum absolute atomic E-state index is 11.7. The van der Waals surface area contributed by atoms with Crippen LogP contribution in [0, 0.1) is 10.1 Å². The summed E-state index contributed by atoms with van der Waals surface area (Å²) in [6.07, 6.45) is 0.872. The fourth-order valence-corrected chi connectivity index (χ4v) is 1.71. The van der Waals surface area contributed by atoms with Crippen molar-refractivity contribution in [1.29, 1.82) is 0 Å². The van der Waals surface area contributed by atoms with Crippen LogP contribution in [-0.2, 0) is 19.1 Å². The monoisotopic (exact) mass is 339 g/mol. The Hall–Kier alpha value is -3.01. The number of benzene rings is 1. The van der Waals surface area contributed by atoms with Gasteiger partial charge in [0.2, 0.25) is 0 Å². The molecular weight excluding hydrogens is 326 g/mol. The lowest BCUT2D eigenvalue weighted by molar-refractivity contribution is -0.384. The number of nitrogens with zero attached hydrogens (tertiary/aromatic N) is 1. The summed E-state index contributed by atoms with van der Waals surface area (Å²) >= 11 is 4.84. The van der Waals surface area contributed by atoms with E-state index in [1.54, 1.807) is 0 Å². The van der Waals surface area contributed by atoms with Gasteiger partial charge in [0, 0.05) is 23.4 Å². The molecule has 0 saturated carbocycles. The zero-order valence-electron chi connectivity index (χ0n) is 12.2. The summed E-state index contributed by atoms with van der Waals surface area (Å²) in [4.78, 5) is 33.1. The minimum absolute atomic E-state index is 0.126. The van der Waals surface area contributed by atoms with Crippen molar-refractivity contribution in [3.05, 3.63) is 45.6 Å². The van der Waals surface area contributed by atoms with Gasteiger partial charge in [-0.25, -0.2) is 9.59 Å². The molecule has 0 aliphatic rings. The number of ether oxygens (including phenoxy) is 2. The van der Waals surface area contributed by atoms with Crippen LogP contribution in [0.2, 0.25) is 0 Å². The van der Waals surface area contributed by atoms with Gasteiger partial charge in [0.25, 0.3) is 5.69 Å². The molecule has 1 rings (SSSR count). The van der Waals surface area contributed by atoms with E-state index in [-0.39, 0.29) is 27.6 Å². The number of nitrogens with one attached hydrogen (secondary N) is 1. The van der Waals surface area contributed by atoms with Crippen LogP contribution in [-0.4, -0.2) is 36.1 Å². The Morgan fingerprint density at radius 3 is 2.48 bits per heavy atom. The number of methoxy groups -OCH3 is 2. The number of hydrogen-bond acceptors (Lipinski definition) is 8. The summed E-state index contributed by atoms with van der Waals surface area (Å²) in [7, 11) is 2.26. The molecule has 0 aliphatic carbocycles. The summed E-state index contributed by atoms with van der Waals surface area (Å²) in [5, 5.41) is 13.4. The first-order valence-corrected chi connectivity index (χ1v) is 6.44. The quantitative estimate of drug-likeness (QED) is 0.254. The number of non-ortho nitro benzene ring substituents is 1. The van der Waals surface area contributed by atoms with Crippen LogP contribution < -0.4 is 11.1 Å². The minimum Gasteiger partial charge on any atom is -0.466 e. The van der Waals surface area contributed by atoms with Crippen molar-refractivity contribution in [3.8, 4) is 0 Å². The molecule has 0 aliphatic heterocycles. The number of anilines is 1. The van der Waals surface area contributed by atoms with Gasteiger partial charge in [-0.15, -0.1) is 0 Å². The summed E-state index contributed by atoms with van der Waals surface area (Å²) < 4.78 is 8.98. The predicted octanol–water partition coefficient (Wildman–Crippen LogP) is 0.871. The number of nitro benzene ring substituents is 1. The fraction of sp³-hybridized carbons (Fsp3) is 0.154. The average Bonchev–Trinajstić information content (AvgIpc) is 2.52. The van der Waals surface area contributed by atoms with Gasteiger partial charge in [0.1, 0.15) is 10.7 Å². The van der Waals surface area contributed by atoms with Gasteiger partial charge in [-0.3, -0.25) is 10.1 Å². The van der Waals surface area contributed by atoms with E-state index in [1.807, 2.05) is 0 Å². The Balaban J connectivity index is 3.30. The molecule has 0 aromatic heterocycles. The van der Waals surface area contributed by atoms with Crippen LogP contribution in [0.1, 0.15) is 5.56 Å². The fourth-order valence-electron chi connectivity index (χ4n) is 1.54. The van der Waals surface area contributed by atoms with Gasteiger partial charge >= 0.3 is 11.9 Å². The first-order chi connectivity index (χ1) is 10.8. The van der Waals surface area contributed by atoms with Gasteiger partial charge in [-0.1, -0.05) is 12.2 Å². The van der Waals surface area contributed by atoms with Gasteiger partial charge < -0.3 is 20.5 Å². The number of nitro groups is 1. The first-order valence-electron chi connectivity index (χ1n) is 6.03. The lowest BCUT2D eigenvalue weighted by Crippen LogP contribution is -2.19. The van der Waals surface area contributed by atoms with Crippen molar-refractivity contribution in [3.63, 3.8) is 0 Å². The molecular formula is C13H13N3O6S. The highest BCUT2D eigenvalue weighted by atomic mass is 32.1. The molecule has 9 nitrogen and oxygen atoms in total. The van der Waals surface area contributed by atoms with Crippen molar-refractivity contribution in [2.24, 2.45) is 5.73 Å². The molecule has 122 valence electrons. The van der Waals surface area contributed by atoms with Crippen LogP contribution in [0.25, 0.3) is 0 Å². The second-order valence-electron chi connectivity index (χ2n) is 4.05. The Labute approximate surface area is 136 Å². The molecule has 1 aromatic carbocycles. The second kappa shape index (κ2) is 7.84. The Morgan fingerprint density at radius 1 is 1.35 bits per heavy atom. The van der Waals surface area contributed by atoms with Crippen LogP contribution in [0.5, 0.6) is 0 Å². The van der Waals surface area contributed by atoms with Gasteiger partial charge in [0.05, 0.1) is 25.2 Å². The third-order valence-corrected chi connectivity index (χ3v) is 2.84. The molecule has 0 heterocycles. The van der Waals surface area contributed by atoms with Gasteiger partial charge in [-0.05, 0) is 6.07 Å². The molecule has 3 N–H and O–H groups in total. The molecule has 0 bridgehead atoms. The maximum Gasteiger partial charge on any atom is 0.354 e. The topological polar surface area (TPSA) is 134 Å². The summed E-state index contributed by atoms with van der Waals surface area (Å²) in [5.41, 5.74) is 5.40. The van der Waals surface area contributed by atoms with Crippen molar-refractivity contribution in [2.45, 2.75) is 0 Å². The number of carbonyl (C=O) groups is 2. The zero-order valence-corrected chi connectivity index (χ0v) is 13.0. The molecule has 0 radical (unpaired) electrons. The lowest BCUT2D eigenvalue weighted by Gasteiger charge is -2.12. The summed E-state index contributed by atoms with van der Waals surface area (Å²) in [5.74, 6) is -1.64. The highest BCUT2D eigenvalue weighted by Gasteiger charge is 2.17. The first kappa shape index (κ1) is 18.0. The second-order valence-corrected chi connectivity index (χ2v) is 4.49. The molecule has 0 fully saturated rings. The number of hydrogen-bond donors (Lipinski definition) is 2. The zero-order chi connectivity index (χ0) is 17.6. The van der Waals surface area contributed by atoms with E-state index in [1.165, 1.54) is 12.1 Å². The molecule has 0 amide bonds. The molecule has 1 aromatic rings. The highest BCUT2D eigenvalue weighted by Crippen LogP contribution is 2.23. The van der Waals surface area contributed by atoms with Crippen molar-refractivity contribution in [2.75, 3.05) is 19.5 Å². The minimum atomic E-state index is -0.845. The third-order valence-electron chi connectivity index (χ3n) is 2.62. The molecule has 23 heavy (non-hydrogen) atoms. The van der Waals surface area contributed by atoms with Crippen LogP contribution in [0.15, 0.2) is 30.0 Å². The number of esters is 2. The number of rotatable bonds is 6. The van der Waals surface area contributed by atoms with E-state index in [4.69, 9.17) is 18.0 Å². The predicted molar refractivity (Wildman–Crippen MR) is 84.7 cm³/mol. The molecule has 0 atom stereocenters. The molecule has 0 unspecified atom stereocenters. The van der Waals surface area contributed by atoms with Crippen molar-refractivity contribution in [1.82, 2.24) is 0 Å². The van der Waals surface area contributed by atoms with Crippen LogP contribution in [0.4, 0.5) is 11.4 Å². The molecule has 0 spiro atoms. The summed E-state index contributed by atoms with van der Waals surface area (Å²) in [6.45, 7) is 0. The smallest absolute Gasteiger partial charge is 0.354 e. The SMILES string of the molecule is COC(=O)/C=C(/Nc1ccc([N+](=O)[O-])cc1C(N)=S)C(=O)OC.